The lowest BCUT2D eigenvalue weighted by Gasteiger charge is -2.05. The van der Waals surface area contributed by atoms with E-state index in [-0.39, 0.29) is 0 Å². The zero-order valence-electron chi connectivity index (χ0n) is 7.09. The second-order valence-corrected chi connectivity index (χ2v) is 2.74. The van der Waals surface area contributed by atoms with Crippen molar-refractivity contribution in [1.82, 2.24) is 4.98 Å². The van der Waals surface area contributed by atoms with Crippen molar-refractivity contribution in [2.24, 2.45) is 0 Å². The quantitative estimate of drug-likeness (QED) is 0.643. The number of methoxy groups -OCH3 is 1. The minimum Gasteiger partial charge on any atom is -0.494 e. The van der Waals surface area contributed by atoms with Gasteiger partial charge in [-0.15, -0.1) is 0 Å². The number of rotatable bonds is 2. The number of hydrogen-bond donors (Lipinski definition) is 0. The topological polar surface area (TPSA) is 22.1 Å². The largest absolute Gasteiger partial charge is 0.494 e. The van der Waals surface area contributed by atoms with Crippen molar-refractivity contribution in [2.45, 2.75) is 19.8 Å². The zero-order chi connectivity index (χ0) is 8.27. The van der Waals surface area contributed by atoms with E-state index in [2.05, 4.69) is 25.0 Å². The van der Waals surface area contributed by atoms with Crippen molar-refractivity contribution in [3.63, 3.8) is 0 Å². The zero-order valence-corrected chi connectivity index (χ0v) is 7.09. The Hall–Kier alpha value is -1.05. The highest BCUT2D eigenvalue weighted by Crippen LogP contribution is 2.17. The van der Waals surface area contributed by atoms with Gasteiger partial charge in [0.05, 0.1) is 7.11 Å². The van der Waals surface area contributed by atoms with Crippen LogP contribution in [0.3, 0.4) is 0 Å². The van der Waals surface area contributed by atoms with Crippen LogP contribution in [0.25, 0.3) is 0 Å². The van der Waals surface area contributed by atoms with Gasteiger partial charge in [-0.2, -0.15) is 0 Å². The number of hydrogen-bond acceptors (Lipinski definition) is 2. The van der Waals surface area contributed by atoms with Crippen molar-refractivity contribution in [2.75, 3.05) is 7.11 Å². The first kappa shape index (κ1) is 8.05. The molecular weight excluding hydrogens is 138 g/mol. The molecule has 1 aromatic rings. The van der Waals surface area contributed by atoms with Crippen LogP contribution in [0.5, 0.6) is 5.75 Å². The molecule has 0 fully saturated rings. The van der Waals surface area contributed by atoms with Gasteiger partial charge in [0.2, 0.25) is 0 Å². The SMILES string of the molecule is COc1[c]ncc(C(C)C)c1. The number of aromatic nitrogens is 1. The van der Waals surface area contributed by atoms with E-state index >= 15 is 0 Å². The smallest absolute Gasteiger partial charge is 0.147 e. The average Bonchev–Trinajstić information content (AvgIpc) is 2.05. The van der Waals surface area contributed by atoms with Crippen LogP contribution in [0.2, 0.25) is 0 Å². The highest BCUT2D eigenvalue weighted by Gasteiger charge is 2.00. The van der Waals surface area contributed by atoms with E-state index in [1.807, 2.05) is 12.3 Å². The van der Waals surface area contributed by atoms with Gasteiger partial charge >= 0.3 is 0 Å². The Morgan fingerprint density at radius 2 is 2.27 bits per heavy atom. The Morgan fingerprint density at radius 1 is 1.55 bits per heavy atom. The number of pyridine rings is 1. The molecule has 0 aliphatic heterocycles. The molecule has 1 heterocycles. The van der Waals surface area contributed by atoms with Gasteiger partial charge in [-0.25, -0.2) is 0 Å². The van der Waals surface area contributed by atoms with E-state index in [0.717, 1.165) is 0 Å². The summed E-state index contributed by atoms with van der Waals surface area (Å²) in [4.78, 5) is 3.93. The molecule has 59 valence electrons. The third-order valence-corrected chi connectivity index (χ3v) is 1.57. The molecule has 11 heavy (non-hydrogen) atoms. The van der Waals surface area contributed by atoms with Crippen LogP contribution in [-0.4, -0.2) is 12.1 Å². The molecule has 0 amide bonds. The summed E-state index contributed by atoms with van der Waals surface area (Å²) < 4.78 is 4.99. The van der Waals surface area contributed by atoms with Gasteiger partial charge in [0.1, 0.15) is 11.9 Å². The average molecular weight is 150 g/mol. The standard InChI is InChI=1S/C9H12NO/c1-7(2)8-4-9(11-3)6-10-5-8/h4-5,7H,1-3H3. The molecule has 0 aliphatic rings. The van der Waals surface area contributed by atoms with Gasteiger partial charge in [-0.3, -0.25) is 4.98 Å². The minimum absolute atomic E-state index is 0.492. The molecule has 0 spiro atoms. The molecular formula is C9H12NO. The summed E-state index contributed by atoms with van der Waals surface area (Å²) in [5.41, 5.74) is 1.18. The molecule has 0 aromatic carbocycles. The third-order valence-electron chi connectivity index (χ3n) is 1.57. The molecule has 1 rings (SSSR count). The molecule has 1 aromatic heterocycles. The first-order chi connectivity index (χ1) is 5.24. The fraction of sp³-hybridized carbons (Fsp3) is 0.444. The monoisotopic (exact) mass is 150 g/mol. The van der Waals surface area contributed by atoms with Crippen molar-refractivity contribution in [1.29, 1.82) is 0 Å². The summed E-state index contributed by atoms with van der Waals surface area (Å²) in [5.74, 6) is 1.20. The van der Waals surface area contributed by atoms with Crippen molar-refractivity contribution >= 4 is 0 Å². The summed E-state index contributed by atoms with van der Waals surface area (Å²) in [7, 11) is 1.62. The summed E-state index contributed by atoms with van der Waals surface area (Å²) in [6.45, 7) is 4.24. The molecule has 2 heteroatoms. The minimum atomic E-state index is 0.492. The maximum Gasteiger partial charge on any atom is 0.147 e. The lowest BCUT2D eigenvalue weighted by molar-refractivity contribution is 0.411. The van der Waals surface area contributed by atoms with E-state index in [0.29, 0.717) is 11.7 Å². The molecule has 1 radical (unpaired) electrons. The number of nitrogens with zero attached hydrogens (tertiary/aromatic N) is 1. The van der Waals surface area contributed by atoms with Crippen LogP contribution in [-0.2, 0) is 0 Å². The van der Waals surface area contributed by atoms with Crippen molar-refractivity contribution in [3.05, 3.63) is 24.0 Å². The molecule has 2 nitrogen and oxygen atoms in total. The fourth-order valence-corrected chi connectivity index (χ4v) is 0.812. The molecule has 0 atom stereocenters. The first-order valence-corrected chi connectivity index (χ1v) is 3.65. The normalized spacial score (nSPS) is 10.2. The predicted octanol–water partition coefficient (Wildman–Crippen LogP) is 2.01. The van der Waals surface area contributed by atoms with Crippen LogP contribution < -0.4 is 4.74 Å². The molecule has 0 saturated heterocycles. The van der Waals surface area contributed by atoms with Crippen molar-refractivity contribution < 1.29 is 4.74 Å². The molecule has 0 bridgehead atoms. The fourth-order valence-electron chi connectivity index (χ4n) is 0.812. The van der Waals surface area contributed by atoms with Crippen LogP contribution in [0, 0.1) is 6.20 Å². The number of ether oxygens (including phenoxy) is 1. The molecule has 0 saturated carbocycles. The van der Waals surface area contributed by atoms with Gasteiger partial charge in [0, 0.05) is 6.20 Å². The van der Waals surface area contributed by atoms with Gasteiger partial charge in [-0.1, -0.05) is 13.8 Å². The second kappa shape index (κ2) is 3.37. The van der Waals surface area contributed by atoms with Gasteiger partial charge in [0.15, 0.2) is 0 Å². The molecule has 0 N–H and O–H groups in total. The Bertz CT molecular complexity index is 233. The van der Waals surface area contributed by atoms with E-state index in [4.69, 9.17) is 4.74 Å². The van der Waals surface area contributed by atoms with E-state index < -0.39 is 0 Å². The highest BCUT2D eigenvalue weighted by molar-refractivity contribution is 5.24. The lowest BCUT2D eigenvalue weighted by atomic mass is 10.1. The summed E-state index contributed by atoms with van der Waals surface area (Å²) in [6.07, 6.45) is 4.55. The van der Waals surface area contributed by atoms with Crippen LogP contribution in [0.4, 0.5) is 0 Å². The Kier molecular flexibility index (Phi) is 2.47. The summed E-state index contributed by atoms with van der Waals surface area (Å²) in [6, 6.07) is 1.96. The molecule has 0 aliphatic carbocycles. The van der Waals surface area contributed by atoms with Gasteiger partial charge in [0.25, 0.3) is 0 Å². The van der Waals surface area contributed by atoms with Crippen LogP contribution >= 0.6 is 0 Å². The maximum absolute atomic E-state index is 4.99. The van der Waals surface area contributed by atoms with Crippen LogP contribution in [0.1, 0.15) is 25.3 Å². The van der Waals surface area contributed by atoms with Crippen molar-refractivity contribution in [3.8, 4) is 5.75 Å². The third kappa shape index (κ3) is 1.93. The Labute approximate surface area is 67.2 Å². The van der Waals surface area contributed by atoms with E-state index in [9.17, 15) is 0 Å². The summed E-state index contributed by atoms with van der Waals surface area (Å²) in [5, 5.41) is 0. The van der Waals surface area contributed by atoms with Crippen LogP contribution in [0.15, 0.2) is 12.3 Å². The van der Waals surface area contributed by atoms with Gasteiger partial charge < -0.3 is 4.74 Å². The Morgan fingerprint density at radius 3 is 2.82 bits per heavy atom. The lowest BCUT2D eigenvalue weighted by Crippen LogP contribution is -1.91. The predicted molar refractivity (Wildman–Crippen MR) is 43.7 cm³/mol. The Balaban J connectivity index is 2.91. The maximum atomic E-state index is 4.99. The summed E-state index contributed by atoms with van der Waals surface area (Å²) >= 11 is 0. The van der Waals surface area contributed by atoms with E-state index in [1.165, 1.54) is 5.56 Å². The van der Waals surface area contributed by atoms with Gasteiger partial charge in [-0.05, 0) is 17.5 Å². The van der Waals surface area contributed by atoms with E-state index in [1.54, 1.807) is 7.11 Å². The second-order valence-electron chi connectivity index (χ2n) is 2.74. The molecule has 0 unspecified atom stereocenters. The highest BCUT2D eigenvalue weighted by atomic mass is 16.5. The first-order valence-electron chi connectivity index (χ1n) is 3.65.